The number of halogens is 1. The molecule has 0 saturated carbocycles. The average molecular weight is 360 g/mol. The van der Waals surface area contributed by atoms with E-state index in [0.717, 1.165) is 17.1 Å². The van der Waals surface area contributed by atoms with Gasteiger partial charge in [-0.1, -0.05) is 16.8 Å². The predicted octanol–water partition coefficient (Wildman–Crippen LogP) is 3.97. The van der Waals surface area contributed by atoms with Crippen molar-refractivity contribution >= 4 is 23.3 Å². The largest absolute Gasteiger partial charge is 0.460 e. The molecule has 0 unspecified atom stereocenters. The van der Waals surface area contributed by atoms with Gasteiger partial charge in [0.15, 0.2) is 5.82 Å². The number of hydrogen-bond acceptors (Lipinski definition) is 5. The number of aromatic nitrogens is 1. The van der Waals surface area contributed by atoms with Crippen molar-refractivity contribution in [2.24, 2.45) is 0 Å². The van der Waals surface area contributed by atoms with Gasteiger partial charge in [0.2, 0.25) is 5.91 Å². The van der Waals surface area contributed by atoms with Gasteiger partial charge in [-0.3, -0.25) is 9.69 Å². The summed E-state index contributed by atoms with van der Waals surface area (Å²) in [6.45, 7) is 2.49. The number of benzene rings is 1. The van der Waals surface area contributed by atoms with Gasteiger partial charge in [-0.05, 0) is 50.4 Å². The highest BCUT2D eigenvalue weighted by atomic mass is 35.5. The fourth-order valence-corrected chi connectivity index (χ4v) is 2.53. The summed E-state index contributed by atoms with van der Waals surface area (Å²) in [5.41, 5.74) is 0.956. The highest BCUT2D eigenvalue weighted by Crippen LogP contribution is 2.24. The van der Waals surface area contributed by atoms with Gasteiger partial charge < -0.3 is 14.3 Å². The lowest BCUT2D eigenvalue weighted by Gasteiger charge is -2.13. The molecule has 0 aliphatic rings. The number of anilines is 1. The molecule has 3 aromatic rings. The van der Waals surface area contributed by atoms with E-state index in [-0.39, 0.29) is 12.5 Å². The zero-order chi connectivity index (χ0) is 17.8. The van der Waals surface area contributed by atoms with E-state index in [1.807, 2.05) is 48.3 Å². The van der Waals surface area contributed by atoms with Crippen LogP contribution < -0.4 is 5.32 Å². The lowest BCUT2D eigenvalue weighted by molar-refractivity contribution is -0.117. The highest BCUT2D eigenvalue weighted by Gasteiger charge is 2.12. The van der Waals surface area contributed by atoms with Crippen LogP contribution >= 0.6 is 11.6 Å². The van der Waals surface area contributed by atoms with E-state index in [0.29, 0.717) is 23.1 Å². The minimum absolute atomic E-state index is 0.166. The SMILES string of the molecule is Cc1cc(NC(=O)CN(C)Cc2ccc(-c3ccc(Cl)cc3)o2)no1. The molecule has 130 valence electrons. The Balaban J connectivity index is 1.55. The van der Waals surface area contributed by atoms with Crippen molar-refractivity contribution in [2.45, 2.75) is 13.5 Å². The van der Waals surface area contributed by atoms with Crippen LogP contribution in [0.15, 0.2) is 51.4 Å². The third-order valence-corrected chi connectivity index (χ3v) is 3.78. The van der Waals surface area contributed by atoms with E-state index < -0.39 is 0 Å². The van der Waals surface area contributed by atoms with Crippen molar-refractivity contribution in [3.05, 3.63) is 59.0 Å². The van der Waals surface area contributed by atoms with Crippen LogP contribution in [-0.2, 0) is 11.3 Å². The first-order valence-corrected chi connectivity index (χ1v) is 8.14. The zero-order valence-corrected chi connectivity index (χ0v) is 14.7. The van der Waals surface area contributed by atoms with Gasteiger partial charge in [0.1, 0.15) is 17.3 Å². The number of carbonyl (C=O) groups is 1. The van der Waals surface area contributed by atoms with Gasteiger partial charge in [-0.25, -0.2) is 0 Å². The number of likely N-dealkylation sites (N-methyl/N-ethyl adjacent to an activating group) is 1. The lowest BCUT2D eigenvalue weighted by Crippen LogP contribution is -2.29. The van der Waals surface area contributed by atoms with Gasteiger partial charge in [-0.2, -0.15) is 0 Å². The molecule has 1 amide bonds. The molecule has 7 heteroatoms. The van der Waals surface area contributed by atoms with E-state index in [2.05, 4.69) is 10.5 Å². The number of hydrogen-bond donors (Lipinski definition) is 1. The van der Waals surface area contributed by atoms with Crippen LogP contribution in [0, 0.1) is 6.92 Å². The van der Waals surface area contributed by atoms with E-state index in [1.165, 1.54) is 0 Å². The molecule has 0 bridgehead atoms. The molecular formula is C18H18ClN3O3. The van der Waals surface area contributed by atoms with Crippen LogP contribution in [0.3, 0.4) is 0 Å². The quantitative estimate of drug-likeness (QED) is 0.721. The molecule has 0 saturated heterocycles. The fraction of sp³-hybridized carbons (Fsp3) is 0.222. The standard InChI is InChI=1S/C18H18ClN3O3/c1-12-9-17(21-25-12)20-18(23)11-22(2)10-15-7-8-16(24-15)13-3-5-14(19)6-4-13/h3-9H,10-11H2,1-2H3,(H,20,21,23). The first-order valence-electron chi connectivity index (χ1n) is 7.76. The van der Waals surface area contributed by atoms with E-state index in [1.54, 1.807) is 13.0 Å². The number of nitrogens with one attached hydrogen (secondary N) is 1. The van der Waals surface area contributed by atoms with E-state index in [4.69, 9.17) is 20.5 Å². The molecule has 1 N–H and O–H groups in total. The Kier molecular flexibility index (Phi) is 5.21. The number of furan rings is 1. The van der Waals surface area contributed by atoms with E-state index >= 15 is 0 Å². The summed E-state index contributed by atoms with van der Waals surface area (Å²) < 4.78 is 10.8. The maximum atomic E-state index is 12.0. The third-order valence-electron chi connectivity index (χ3n) is 3.53. The Morgan fingerprint density at radius 1 is 1.24 bits per heavy atom. The molecular weight excluding hydrogens is 342 g/mol. The number of amides is 1. The zero-order valence-electron chi connectivity index (χ0n) is 14.0. The summed E-state index contributed by atoms with van der Waals surface area (Å²) >= 11 is 5.90. The van der Waals surface area contributed by atoms with Crippen molar-refractivity contribution in [1.82, 2.24) is 10.1 Å². The Labute approximate surface area is 150 Å². The summed E-state index contributed by atoms with van der Waals surface area (Å²) in [4.78, 5) is 13.9. The molecule has 2 heterocycles. The molecule has 3 rings (SSSR count). The number of rotatable bonds is 6. The minimum Gasteiger partial charge on any atom is -0.460 e. The van der Waals surface area contributed by atoms with Crippen LogP contribution in [0.4, 0.5) is 5.82 Å². The molecule has 0 spiro atoms. The second-order valence-electron chi connectivity index (χ2n) is 5.82. The van der Waals surface area contributed by atoms with E-state index in [9.17, 15) is 4.79 Å². The summed E-state index contributed by atoms with van der Waals surface area (Å²) in [7, 11) is 1.85. The van der Waals surface area contributed by atoms with Crippen molar-refractivity contribution in [2.75, 3.05) is 18.9 Å². The van der Waals surface area contributed by atoms with Gasteiger partial charge in [-0.15, -0.1) is 0 Å². The monoisotopic (exact) mass is 359 g/mol. The second kappa shape index (κ2) is 7.55. The summed E-state index contributed by atoms with van der Waals surface area (Å²) in [5.74, 6) is 2.44. The lowest BCUT2D eigenvalue weighted by atomic mass is 10.2. The molecule has 0 atom stereocenters. The van der Waals surface area contributed by atoms with Crippen LogP contribution in [0.5, 0.6) is 0 Å². The smallest absolute Gasteiger partial charge is 0.239 e. The van der Waals surface area contributed by atoms with Crippen LogP contribution in [-0.4, -0.2) is 29.6 Å². The molecule has 6 nitrogen and oxygen atoms in total. The molecule has 1 aromatic carbocycles. The number of aryl methyl sites for hydroxylation is 1. The highest BCUT2D eigenvalue weighted by molar-refractivity contribution is 6.30. The summed E-state index contributed by atoms with van der Waals surface area (Å²) in [6, 6.07) is 12.9. The first-order chi connectivity index (χ1) is 12.0. The maximum Gasteiger partial charge on any atom is 0.239 e. The summed E-state index contributed by atoms with van der Waals surface area (Å²) in [6.07, 6.45) is 0. The van der Waals surface area contributed by atoms with Crippen LogP contribution in [0.2, 0.25) is 5.02 Å². The first kappa shape index (κ1) is 17.3. The Morgan fingerprint density at radius 3 is 2.68 bits per heavy atom. The van der Waals surface area contributed by atoms with Crippen LogP contribution in [0.25, 0.3) is 11.3 Å². The predicted molar refractivity (Wildman–Crippen MR) is 95.4 cm³/mol. The number of carbonyl (C=O) groups excluding carboxylic acids is 1. The molecule has 25 heavy (non-hydrogen) atoms. The molecule has 0 aliphatic heterocycles. The Hall–Kier alpha value is -2.57. The van der Waals surface area contributed by atoms with Crippen LogP contribution in [0.1, 0.15) is 11.5 Å². The van der Waals surface area contributed by atoms with Gasteiger partial charge in [0, 0.05) is 16.7 Å². The minimum atomic E-state index is -0.166. The normalized spacial score (nSPS) is 11.0. The Morgan fingerprint density at radius 2 is 2.00 bits per heavy atom. The maximum absolute atomic E-state index is 12.0. The van der Waals surface area contributed by atoms with Crippen molar-refractivity contribution < 1.29 is 13.7 Å². The third kappa shape index (κ3) is 4.71. The fourth-order valence-electron chi connectivity index (χ4n) is 2.41. The van der Waals surface area contributed by atoms with Crippen molar-refractivity contribution in [3.63, 3.8) is 0 Å². The van der Waals surface area contributed by atoms with Gasteiger partial charge in [0.25, 0.3) is 0 Å². The summed E-state index contributed by atoms with van der Waals surface area (Å²) in [5, 5.41) is 7.11. The molecule has 2 aromatic heterocycles. The van der Waals surface area contributed by atoms with Gasteiger partial charge >= 0.3 is 0 Å². The number of nitrogens with zero attached hydrogens (tertiary/aromatic N) is 2. The topological polar surface area (TPSA) is 71.5 Å². The molecule has 0 fully saturated rings. The second-order valence-corrected chi connectivity index (χ2v) is 6.25. The van der Waals surface area contributed by atoms with Crippen molar-refractivity contribution in [3.8, 4) is 11.3 Å². The average Bonchev–Trinajstić information content (AvgIpc) is 3.17. The van der Waals surface area contributed by atoms with Gasteiger partial charge in [0.05, 0.1) is 13.1 Å². The molecule has 0 radical (unpaired) electrons. The Bertz CT molecular complexity index is 855. The van der Waals surface area contributed by atoms with Crippen molar-refractivity contribution in [1.29, 1.82) is 0 Å². The molecule has 0 aliphatic carbocycles.